The number of carbonyl (C=O) groups excluding carboxylic acids is 4. The van der Waals surface area contributed by atoms with Crippen molar-refractivity contribution >= 4 is 38.9 Å². The molecule has 2 aromatic carbocycles. The molecule has 0 aliphatic heterocycles. The monoisotopic (exact) mass is 608 g/mol. The van der Waals surface area contributed by atoms with Crippen LogP contribution in [0.5, 0.6) is 0 Å². The highest BCUT2D eigenvalue weighted by Gasteiger charge is 2.64. The topological polar surface area (TPSA) is 270 Å². The van der Waals surface area contributed by atoms with Crippen molar-refractivity contribution in [3.8, 4) is 0 Å². The van der Waals surface area contributed by atoms with Crippen LogP contribution in [0, 0.1) is 5.92 Å². The third-order valence-electron chi connectivity index (χ3n) is 6.70. The fourth-order valence-corrected chi connectivity index (χ4v) is 6.05. The van der Waals surface area contributed by atoms with Crippen LogP contribution in [0.4, 0.5) is 0 Å². The number of allylic oxidation sites excluding steroid dienone is 2. The molecular weight excluding hydrogens is 588 g/mol. The van der Waals surface area contributed by atoms with Crippen molar-refractivity contribution in [3.63, 3.8) is 0 Å². The second-order valence-corrected chi connectivity index (χ2v) is 10.8. The molecule has 0 aromatic heterocycles. The van der Waals surface area contributed by atoms with Gasteiger partial charge in [-0.05, 0) is 29.1 Å². The van der Waals surface area contributed by atoms with Gasteiger partial charge in [0.2, 0.25) is 17.3 Å². The number of aliphatic hydroxyl groups is 3. The molecule has 2 atom stereocenters. The molecule has 0 radical (unpaired) electrons. The van der Waals surface area contributed by atoms with E-state index in [0.717, 1.165) is 24.3 Å². The number of nitrogens with zero attached hydrogens (tertiary/aromatic N) is 6. The summed E-state index contributed by atoms with van der Waals surface area (Å²) in [5, 5.41) is 39.6. The molecule has 4 rings (SSSR count). The number of fused-ring (bicyclic) bond motifs is 1. The molecule has 2 aliphatic rings. The van der Waals surface area contributed by atoms with Gasteiger partial charge in [0.25, 0.3) is 11.6 Å². The molecule has 0 heterocycles. The summed E-state index contributed by atoms with van der Waals surface area (Å²) in [6.07, 6.45) is 0.741. The van der Waals surface area contributed by atoms with Crippen LogP contribution in [0.15, 0.2) is 81.0 Å². The molecule has 17 heteroatoms. The van der Waals surface area contributed by atoms with Crippen molar-refractivity contribution in [2.45, 2.75) is 36.2 Å². The van der Waals surface area contributed by atoms with Crippen LogP contribution in [0.1, 0.15) is 46.0 Å². The molecule has 2 aromatic rings. The van der Waals surface area contributed by atoms with Gasteiger partial charge in [-0.25, -0.2) is 4.18 Å². The fraction of sp³-hybridized carbons (Fsp3) is 0.231. The van der Waals surface area contributed by atoms with E-state index in [4.69, 9.17) is 15.2 Å². The number of rotatable bonds is 9. The van der Waals surface area contributed by atoms with E-state index in [1.165, 1.54) is 24.3 Å². The molecule has 2 aliphatic carbocycles. The van der Waals surface area contributed by atoms with Crippen molar-refractivity contribution in [1.29, 1.82) is 0 Å². The summed E-state index contributed by atoms with van der Waals surface area (Å²) >= 11 is 0. The van der Waals surface area contributed by atoms with Gasteiger partial charge < -0.3 is 15.3 Å². The number of hydrogen-bond acceptors (Lipinski definition) is 12. The molecule has 220 valence electrons. The van der Waals surface area contributed by atoms with E-state index in [1.54, 1.807) is 13.0 Å². The summed E-state index contributed by atoms with van der Waals surface area (Å²) in [6.45, 7) is 1.57. The van der Waals surface area contributed by atoms with E-state index in [2.05, 4.69) is 20.1 Å². The van der Waals surface area contributed by atoms with E-state index < -0.39 is 83.7 Å². The van der Waals surface area contributed by atoms with Crippen LogP contribution in [-0.4, -0.2) is 58.4 Å². The van der Waals surface area contributed by atoms with Crippen LogP contribution in [0.2, 0.25) is 0 Å². The molecule has 0 bridgehead atoms. The van der Waals surface area contributed by atoms with E-state index in [9.17, 15) is 42.9 Å². The van der Waals surface area contributed by atoms with Gasteiger partial charge in [0, 0.05) is 26.5 Å². The van der Waals surface area contributed by atoms with Crippen LogP contribution < -0.4 is 0 Å². The van der Waals surface area contributed by atoms with Crippen LogP contribution in [0.3, 0.4) is 0 Å². The zero-order valence-electron chi connectivity index (χ0n) is 22.0. The second-order valence-electron chi connectivity index (χ2n) is 9.28. The standard InChI is InChI=1S/C26H20N6O10S/c1-2-7-14-12-16(21(33)13-8-4-3-5-9-13)24(36)25(37,38)26(14,39)42-43(40,41)17-11-6-10-15-18(17)19(29-31-27)20(30-32-28)23(35)22(15)34/h3-6,8-12,16,37-39H,2,7H2,1H3. The quantitative estimate of drug-likeness (QED) is 0.0430. The number of azide groups is 2. The van der Waals surface area contributed by atoms with Gasteiger partial charge in [0.1, 0.15) is 10.8 Å². The molecular formula is C26H20N6O10S. The summed E-state index contributed by atoms with van der Waals surface area (Å²) in [5.41, 5.74) is 14.1. The van der Waals surface area contributed by atoms with Gasteiger partial charge in [0.15, 0.2) is 5.78 Å². The van der Waals surface area contributed by atoms with Gasteiger partial charge in [-0.2, -0.15) is 8.42 Å². The van der Waals surface area contributed by atoms with Gasteiger partial charge in [-0.15, -0.1) is 0 Å². The maximum Gasteiger partial charge on any atom is 0.300 e. The summed E-state index contributed by atoms with van der Waals surface area (Å²) < 4.78 is 32.3. The van der Waals surface area contributed by atoms with Crippen LogP contribution in [-0.2, 0) is 23.9 Å². The smallest absolute Gasteiger partial charge is 0.300 e. The van der Waals surface area contributed by atoms with Crippen molar-refractivity contribution in [2.24, 2.45) is 16.1 Å². The van der Waals surface area contributed by atoms with Crippen molar-refractivity contribution in [1.82, 2.24) is 0 Å². The molecule has 3 N–H and O–H groups in total. The highest BCUT2D eigenvalue weighted by atomic mass is 32.2. The first-order valence-corrected chi connectivity index (χ1v) is 13.7. The van der Waals surface area contributed by atoms with Crippen LogP contribution >= 0.6 is 0 Å². The Balaban J connectivity index is 1.92. The molecule has 2 unspecified atom stereocenters. The van der Waals surface area contributed by atoms with E-state index in [-0.39, 0.29) is 18.4 Å². The molecule has 43 heavy (non-hydrogen) atoms. The number of ketones is 4. The molecule has 16 nitrogen and oxygen atoms in total. The molecule has 0 spiro atoms. The van der Waals surface area contributed by atoms with Crippen molar-refractivity contribution in [2.75, 3.05) is 0 Å². The molecule has 0 saturated heterocycles. The molecule has 0 saturated carbocycles. The fourth-order valence-electron chi connectivity index (χ4n) is 4.72. The highest BCUT2D eigenvalue weighted by Crippen LogP contribution is 2.44. The van der Waals surface area contributed by atoms with E-state index in [1.807, 2.05) is 0 Å². The Morgan fingerprint density at radius 2 is 1.58 bits per heavy atom. The lowest BCUT2D eigenvalue weighted by atomic mass is 9.76. The Morgan fingerprint density at radius 3 is 2.19 bits per heavy atom. The van der Waals surface area contributed by atoms with Crippen molar-refractivity contribution in [3.05, 3.63) is 103 Å². The average Bonchev–Trinajstić information content (AvgIpc) is 2.98. The Kier molecular flexibility index (Phi) is 8.18. The predicted octanol–water partition coefficient (Wildman–Crippen LogP) is 2.62. The molecule has 0 amide bonds. The number of benzene rings is 2. The zero-order valence-corrected chi connectivity index (χ0v) is 22.8. The minimum atomic E-state index is -5.49. The summed E-state index contributed by atoms with van der Waals surface area (Å²) in [7, 11) is -5.49. The normalized spacial score (nSPS) is 21.3. The van der Waals surface area contributed by atoms with Gasteiger partial charge in [-0.1, -0.05) is 72.1 Å². The lowest BCUT2D eigenvalue weighted by molar-refractivity contribution is -0.309. The Hall–Kier alpha value is -4.99. The van der Waals surface area contributed by atoms with E-state index >= 15 is 0 Å². The first kappa shape index (κ1) is 31.0. The zero-order chi connectivity index (χ0) is 31.7. The first-order valence-electron chi connectivity index (χ1n) is 12.3. The summed E-state index contributed by atoms with van der Waals surface area (Å²) in [4.78, 5) is 55.4. The summed E-state index contributed by atoms with van der Waals surface area (Å²) in [5.74, 6) is -14.9. The summed E-state index contributed by atoms with van der Waals surface area (Å²) in [6, 6.07) is 10.1. The maximum absolute atomic E-state index is 13.7. The van der Waals surface area contributed by atoms with Gasteiger partial charge in [-0.3, -0.25) is 19.2 Å². The number of Topliss-reactive ketones (excluding diaryl/α,β-unsaturated/α-hetero) is 4. The van der Waals surface area contributed by atoms with E-state index in [0.29, 0.717) is 0 Å². The average molecular weight is 609 g/mol. The lowest BCUT2D eigenvalue weighted by Crippen LogP contribution is -2.66. The SMILES string of the molecule is CCCC1=CC(C(=O)c2ccccc2)C(=O)C(O)(O)C1(O)OS(=O)(=O)c1cccc2c1C(N=[N+]=[N-])=C(N=[N+]=[N-])C(=O)C2=O. The number of carbonyl (C=O) groups is 4. The Labute approximate surface area is 241 Å². The second kappa shape index (κ2) is 11.4. The van der Waals surface area contributed by atoms with Crippen LogP contribution in [0.25, 0.3) is 26.6 Å². The number of hydrogen-bond donors (Lipinski definition) is 3. The lowest BCUT2D eigenvalue weighted by Gasteiger charge is -2.43. The van der Waals surface area contributed by atoms with Gasteiger partial charge >= 0.3 is 10.1 Å². The van der Waals surface area contributed by atoms with Crippen molar-refractivity contribution < 1.29 is 47.1 Å². The minimum Gasteiger partial charge on any atom is -0.357 e. The first-order chi connectivity index (χ1) is 20.3. The third kappa shape index (κ3) is 5.03. The maximum atomic E-state index is 13.7. The predicted molar refractivity (Wildman–Crippen MR) is 144 cm³/mol. The largest absolute Gasteiger partial charge is 0.357 e. The minimum absolute atomic E-state index is 0.0195. The Bertz CT molecular complexity index is 1860. The van der Waals surface area contributed by atoms with Gasteiger partial charge in [0.05, 0.1) is 11.4 Å². The molecule has 0 fully saturated rings. The highest BCUT2D eigenvalue weighted by molar-refractivity contribution is 7.86. The Morgan fingerprint density at radius 1 is 0.953 bits per heavy atom. The third-order valence-corrected chi connectivity index (χ3v) is 8.04.